The third kappa shape index (κ3) is 3.28. The molecule has 25 heavy (non-hydrogen) atoms. The third-order valence-corrected chi connectivity index (χ3v) is 6.73. The second-order valence-electron chi connectivity index (χ2n) is 6.39. The molecule has 0 saturated carbocycles. The van der Waals surface area contributed by atoms with Crippen molar-refractivity contribution < 1.29 is 17.5 Å². The van der Waals surface area contributed by atoms with Crippen molar-refractivity contribution >= 4 is 10.0 Å². The van der Waals surface area contributed by atoms with Gasteiger partial charge in [-0.15, -0.1) is 0 Å². The Morgan fingerprint density at radius 2 is 2.20 bits per heavy atom. The molecule has 6 nitrogen and oxygen atoms in total. The van der Waals surface area contributed by atoms with E-state index in [2.05, 4.69) is 9.55 Å². The summed E-state index contributed by atoms with van der Waals surface area (Å²) in [4.78, 5) is 4.26. The van der Waals surface area contributed by atoms with Crippen LogP contribution in [0.2, 0.25) is 0 Å². The maximum Gasteiger partial charge on any atom is 0.243 e. The van der Waals surface area contributed by atoms with E-state index in [4.69, 9.17) is 4.74 Å². The van der Waals surface area contributed by atoms with Gasteiger partial charge in [0.15, 0.2) is 11.6 Å². The van der Waals surface area contributed by atoms with E-state index in [1.165, 1.54) is 30.5 Å². The van der Waals surface area contributed by atoms with Gasteiger partial charge in [0, 0.05) is 44.5 Å². The van der Waals surface area contributed by atoms with E-state index in [1.807, 2.05) is 6.20 Å². The third-order valence-electron chi connectivity index (χ3n) is 4.76. The summed E-state index contributed by atoms with van der Waals surface area (Å²) in [6.07, 6.45) is 5.40. The lowest BCUT2D eigenvalue weighted by Crippen LogP contribution is -2.35. The lowest BCUT2D eigenvalue weighted by Gasteiger charge is -2.28. The van der Waals surface area contributed by atoms with Gasteiger partial charge in [0.1, 0.15) is 5.82 Å². The summed E-state index contributed by atoms with van der Waals surface area (Å²) >= 11 is 0. The molecule has 0 radical (unpaired) electrons. The van der Waals surface area contributed by atoms with Gasteiger partial charge in [-0.3, -0.25) is 0 Å². The van der Waals surface area contributed by atoms with E-state index in [9.17, 15) is 12.8 Å². The summed E-state index contributed by atoms with van der Waals surface area (Å²) in [5.74, 6) is 0.636. The normalized spacial score (nSPS) is 17.6. The van der Waals surface area contributed by atoms with Crippen LogP contribution < -0.4 is 4.74 Å². The van der Waals surface area contributed by atoms with Crippen LogP contribution in [0.1, 0.15) is 17.8 Å². The smallest absolute Gasteiger partial charge is 0.243 e. The first-order valence-electron chi connectivity index (χ1n) is 8.14. The summed E-state index contributed by atoms with van der Waals surface area (Å²) < 4.78 is 48.3. The van der Waals surface area contributed by atoms with Crippen molar-refractivity contribution in [3.8, 4) is 5.75 Å². The van der Waals surface area contributed by atoms with E-state index in [0.717, 1.165) is 25.2 Å². The van der Waals surface area contributed by atoms with Gasteiger partial charge in [-0.25, -0.2) is 22.1 Å². The number of fused-ring (bicyclic) bond motifs is 1. The number of hydrogen-bond donors (Lipinski definition) is 0. The highest BCUT2D eigenvalue weighted by Crippen LogP contribution is 2.29. The molecule has 0 bridgehead atoms. The second kappa shape index (κ2) is 6.76. The minimum atomic E-state index is -3.77. The standard InChI is InChI=1S/C17H22FN3O3S/c1-12-15(6-5-14(24-3)17(12)18)25(22,23)20(2)10-13-4-7-16-19-8-9-21(16)11-13/h5-6,8-9,13H,4,7,10-11H2,1-3H3/t13-/m1/s1. The average Bonchev–Trinajstić information content (AvgIpc) is 3.04. The molecular weight excluding hydrogens is 345 g/mol. The van der Waals surface area contributed by atoms with Crippen LogP contribution in [-0.4, -0.2) is 43.0 Å². The topological polar surface area (TPSA) is 64.4 Å². The molecule has 1 aromatic carbocycles. The Labute approximate surface area is 147 Å². The van der Waals surface area contributed by atoms with Crippen molar-refractivity contribution in [2.45, 2.75) is 31.2 Å². The van der Waals surface area contributed by atoms with Gasteiger partial charge >= 0.3 is 0 Å². The predicted molar refractivity (Wildman–Crippen MR) is 91.5 cm³/mol. The number of benzene rings is 1. The van der Waals surface area contributed by atoms with Crippen molar-refractivity contribution in [1.29, 1.82) is 0 Å². The van der Waals surface area contributed by atoms with Crippen molar-refractivity contribution in [2.24, 2.45) is 5.92 Å². The molecule has 0 aliphatic carbocycles. The van der Waals surface area contributed by atoms with Crippen LogP contribution >= 0.6 is 0 Å². The van der Waals surface area contributed by atoms with E-state index < -0.39 is 15.8 Å². The molecule has 2 heterocycles. The Kier molecular flexibility index (Phi) is 4.83. The molecule has 1 atom stereocenters. The molecule has 0 amide bonds. The molecule has 0 saturated heterocycles. The van der Waals surface area contributed by atoms with E-state index in [-0.39, 0.29) is 22.1 Å². The van der Waals surface area contributed by atoms with Crippen LogP contribution in [0.15, 0.2) is 29.4 Å². The van der Waals surface area contributed by atoms with Crippen LogP contribution in [0, 0.1) is 18.7 Å². The van der Waals surface area contributed by atoms with E-state index >= 15 is 0 Å². The molecule has 3 rings (SSSR count). The maximum atomic E-state index is 14.2. The molecule has 2 aromatic rings. The number of methoxy groups -OCH3 is 1. The lowest BCUT2D eigenvalue weighted by atomic mass is 10.00. The molecular formula is C17H22FN3O3S. The summed E-state index contributed by atoms with van der Waals surface area (Å²) in [5.41, 5.74) is 0.0757. The van der Waals surface area contributed by atoms with Gasteiger partial charge in [0.25, 0.3) is 0 Å². The largest absolute Gasteiger partial charge is 0.494 e. The maximum absolute atomic E-state index is 14.2. The average molecular weight is 367 g/mol. The van der Waals surface area contributed by atoms with Crippen LogP contribution in [0.3, 0.4) is 0 Å². The second-order valence-corrected chi connectivity index (χ2v) is 8.40. The van der Waals surface area contributed by atoms with Crippen molar-refractivity contribution in [2.75, 3.05) is 20.7 Å². The SMILES string of the molecule is COc1ccc(S(=O)(=O)N(C)C[C@H]2CCc3nccn3C2)c(C)c1F. The highest BCUT2D eigenvalue weighted by molar-refractivity contribution is 7.89. The summed E-state index contributed by atoms with van der Waals surface area (Å²) in [5, 5.41) is 0. The number of aromatic nitrogens is 2. The van der Waals surface area contributed by atoms with Gasteiger partial charge < -0.3 is 9.30 Å². The Morgan fingerprint density at radius 3 is 2.92 bits per heavy atom. The van der Waals surface area contributed by atoms with Crippen LogP contribution in [-0.2, 0) is 23.0 Å². The van der Waals surface area contributed by atoms with Crippen LogP contribution in [0.5, 0.6) is 5.75 Å². The minimum Gasteiger partial charge on any atom is -0.494 e. The monoisotopic (exact) mass is 367 g/mol. The number of nitrogens with zero attached hydrogens (tertiary/aromatic N) is 3. The fourth-order valence-electron chi connectivity index (χ4n) is 3.30. The predicted octanol–water partition coefficient (Wildman–Crippen LogP) is 2.22. The zero-order valence-corrected chi connectivity index (χ0v) is 15.4. The fourth-order valence-corrected chi connectivity index (χ4v) is 4.75. The molecule has 0 N–H and O–H groups in total. The zero-order chi connectivity index (χ0) is 18.2. The number of imidazole rings is 1. The van der Waals surface area contributed by atoms with E-state index in [0.29, 0.717) is 6.54 Å². The Hall–Kier alpha value is -1.93. The molecule has 1 aromatic heterocycles. The molecule has 8 heteroatoms. The highest BCUT2D eigenvalue weighted by atomic mass is 32.2. The number of halogens is 1. The molecule has 1 aliphatic heterocycles. The number of aryl methyl sites for hydroxylation is 1. The first-order valence-corrected chi connectivity index (χ1v) is 9.58. The van der Waals surface area contributed by atoms with Crippen molar-refractivity contribution in [3.63, 3.8) is 0 Å². The van der Waals surface area contributed by atoms with Crippen LogP contribution in [0.25, 0.3) is 0 Å². The number of hydrogen-bond acceptors (Lipinski definition) is 4. The Bertz CT molecular complexity index is 879. The van der Waals surface area contributed by atoms with Gasteiger partial charge in [-0.1, -0.05) is 0 Å². The van der Waals surface area contributed by atoms with Crippen LogP contribution in [0.4, 0.5) is 4.39 Å². The summed E-state index contributed by atoms with van der Waals surface area (Å²) in [6, 6.07) is 2.75. The molecule has 0 unspecified atom stereocenters. The summed E-state index contributed by atoms with van der Waals surface area (Å²) in [6.45, 7) is 2.58. The first-order chi connectivity index (χ1) is 11.8. The molecule has 1 aliphatic rings. The molecule has 0 spiro atoms. The first kappa shape index (κ1) is 17.9. The quantitative estimate of drug-likeness (QED) is 0.813. The van der Waals surface area contributed by atoms with Crippen molar-refractivity contribution in [3.05, 3.63) is 41.7 Å². The highest BCUT2D eigenvalue weighted by Gasteiger charge is 2.29. The Balaban J connectivity index is 1.80. The van der Waals surface area contributed by atoms with Gasteiger partial charge in [-0.05, 0) is 31.4 Å². The lowest BCUT2D eigenvalue weighted by molar-refractivity contribution is 0.303. The van der Waals surface area contributed by atoms with E-state index in [1.54, 1.807) is 13.2 Å². The fraction of sp³-hybridized carbons (Fsp3) is 0.471. The molecule has 136 valence electrons. The number of rotatable bonds is 5. The number of ether oxygens (including phenoxy) is 1. The molecule has 0 fully saturated rings. The zero-order valence-electron chi connectivity index (χ0n) is 14.6. The van der Waals surface area contributed by atoms with Gasteiger partial charge in [0.2, 0.25) is 10.0 Å². The minimum absolute atomic E-state index is 0.0209. The van der Waals surface area contributed by atoms with Gasteiger partial charge in [0.05, 0.1) is 12.0 Å². The van der Waals surface area contributed by atoms with Gasteiger partial charge in [-0.2, -0.15) is 0 Å². The van der Waals surface area contributed by atoms with Crippen molar-refractivity contribution in [1.82, 2.24) is 13.9 Å². The number of sulfonamides is 1. The summed E-state index contributed by atoms with van der Waals surface area (Å²) in [7, 11) is -0.873. The Morgan fingerprint density at radius 1 is 1.44 bits per heavy atom.